The minimum Gasteiger partial charge on any atom is -0.497 e. The second kappa shape index (κ2) is 9.87. The number of benzene rings is 2. The van der Waals surface area contributed by atoms with Crippen molar-refractivity contribution in [2.24, 2.45) is 0 Å². The van der Waals surface area contributed by atoms with Gasteiger partial charge in [-0.05, 0) is 48.4 Å². The molecule has 0 saturated carbocycles. The average molecular weight is 454 g/mol. The zero-order valence-electron chi connectivity index (χ0n) is 19.2. The molecule has 7 nitrogen and oxygen atoms in total. The quantitative estimate of drug-likeness (QED) is 0.440. The molecule has 1 fully saturated rings. The molecule has 0 bridgehead atoms. The van der Waals surface area contributed by atoms with Crippen molar-refractivity contribution in [2.45, 2.75) is 12.8 Å². The number of pyridine rings is 1. The Morgan fingerprint density at radius 3 is 2.47 bits per heavy atom. The van der Waals surface area contributed by atoms with Crippen LogP contribution in [0.15, 0.2) is 73.1 Å². The van der Waals surface area contributed by atoms with E-state index in [1.165, 1.54) is 0 Å². The molecule has 34 heavy (non-hydrogen) atoms. The minimum absolute atomic E-state index is 0.194. The van der Waals surface area contributed by atoms with Gasteiger partial charge in [-0.15, -0.1) is 0 Å². The van der Waals surface area contributed by atoms with Gasteiger partial charge in [0.05, 0.1) is 12.6 Å². The number of aryl methyl sites for hydroxylation is 1. The molecule has 0 spiro atoms. The van der Waals surface area contributed by atoms with Crippen LogP contribution in [0, 0.1) is 0 Å². The monoisotopic (exact) mass is 453 g/mol. The Labute approximate surface area is 199 Å². The van der Waals surface area contributed by atoms with E-state index in [0.717, 1.165) is 53.1 Å². The Kier molecular flexibility index (Phi) is 6.33. The molecule has 1 amide bonds. The van der Waals surface area contributed by atoms with Crippen LogP contribution in [0.5, 0.6) is 5.75 Å². The number of ether oxygens (including phenoxy) is 1. The van der Waals surface area contributed by atoms with Gasteiger partial charge < -0.3 is 14.5 Å². The second-order valence-electron chi connectivity index (χ2n) is 8.35. The standard InChI is InChI=1S/C27H27N5O2/c1-34-22-11-8-20(9-12-22)10-13-25(33)31-15-17-32(18-16-31)27-23-6-2-3-7-24(23)29-26(30-27)21-5-4-14-28-19-21/h2-9,11-12,14,19H,10,13,15-18H2,1H3. The van der Waals surface area contributed by atoms with Crippen LogP contribution in [-0.2, 0) is 11.2 Å². The maximum atomic E-state index is 12.8. The van der Waals surface area contributed by atoms with Crippen LogP contribution < -0.4 is 9.64 Å². The van der Waals surface area contributed by atoms with Gasteiger partial charge in [0.2, 0.25) is 5.91 Å². The molecule has 1 aliphatic rings. The number of methoxy groups -OCH3 is 1. The molecule has 172 valence electrons. The number of nitrogens with zero attached hydrogens (tertiary/aromatic N) is 5. The number of fused-ring (bicyclic) bond motifs is 1. The van der Waals surface area contributed by atoms with E-state index in [9.17, 15) is 4.79 Å². The van der Waals surface area contributed by atoms with E-state index in [1.807, 2.05) is 59.5 Å². The zero-order chi connectivity index (χ0) is 23.3. The Bertz CT molecular complexity index is 1270. The summed E-state index contributed by atoms with van der Waals surface area (Å²) in [5.74, 6) is 2.60. The number of hydrogen-bond acceptors (Lipinski definition) is 6. The lowest BCUT2D eigenvalue weighted by atomic mass is 10.1. The van der Waals surface area contributed by atoms with E-state index >= 15 is 0 Å². The van der Waals surface area contributed by atoms with Crippen molar-refractivity contribution in [3.8, 4) is 17.1 Å². The summed E-state index contributed by atoms with van der Waals surface area (Å²) in [4.78, 5) is 31.0. The molecule has 0 aliphatic carbocycles. The van der Waals surface area contributed by atoms with Gasteiger partial charge in [-0.1, -0.05) is 24.3 Å². The Morgan fingerprint density at radius 2 is 1.74 bits per heavy atom. The van der Waals surface area contributed by atoms with Gasteiger partial charge in [0.25, 0.3) is 0 Å². The minimum atomic E-state index is 0.194. The van der Waals surface area contributed by atoms with E-state index in [-0.39, 0.29) is 5.91 Å². The van der Waals surface area contributed by atoms with Crippen molar-refractivity contribution in [1.82, 2.24) is 19.9 Å². The van der Waals surface area contributed by atoms with Crippen molar-refractivity contribution in [3.63, 3.8) is 0 Å². The normalized spacial score (nSPS) is 13.8. The summed E-state index contributed by atoms with van der Waals surface area (Å²) in [5.41, 5.74) is 2.94. The highest BCUT2D eigenvalue weighted by Gasteiger charge is 2.24. The number of hydrogen-bond donors (Lipinski definition) is 0. The van der Waals surface area contributed by atoms with E-state index in [2.05, 4.69) is 16.0 Å². The van der Waals surface area contributed by atoms with Crippen LogP contribution in [0.25, 0.3) is 22.3 Å². The fourth-order valence-electron chi connectivity index (χ4n) is 4.29. The summed E-state index contributed by atoms with van der Waals surface area (Å²) < 4.78 is 5.20. The first kappa shape index (κ1) is 21.8. The van der Waals surface area contributed by atoms with Crippen molar-refractivity contribution >= 4 is 22.6 Å². The Hall–Kier alpha value is -4.00. The molecule has 4 aromatic rings. The summed E-state index contributed by atoms with van der Waals surface area (Å²) in [6, 6.07) is 19.8. The van der Waals surface area contributed by atoms with Gasteiger partial charge in [0.15, 0.2) is 5.82 Å². The number of piperazine rings is 1. The van der Waals surface area contributed by atoms with E-state index in [4.69, 9.17) is 14.7 Å². The lowest BCUT2D eigenvalue weighted by molar-refractivity contribution is -0.131. The molecule has 0 N–H and O–H groups in total. The SMILES string of the molecule is COc1ccc(CCC(=O)N2CCN(c3nc(-c4cccnc4)nc4ccccc34)CC2)cc1. The van der Waals surface area contributed by atoms with Crippen LogP contribution in [-0.4, -0.2) is 59.0 Å². The van der Waals surface area contributed by atoms with Crippen LogP contribution in [0.4, 0.5) is 5.82 Å². The summed E-state index contributed by atoms with van der Waals surface area (Å²) in [6.45, 7) is 2.84. The van der Waals surface area contributed by atoms with Crippen LogP contribution >= 0.6 is 0 Å². The van der Waals surface area contributed by atoms with Crippen molar-refractivity contribution in [2.75, 3.05) is 38.2 Å². The first-order valence-corrected chi connectivity index (χ1v) is 11.5. The first-order chi connectivity index (χ1) is 16.7. The summed E-state index contributed by atoms with van der Waals surface area (Å²) in [6.07, 6.45) is 4.77. The summed E-state index contributed by atoms with van der Waals surface area (Å²) >= 11 is 0. The van der Waals surface area contributed by atoms with Gasteiger partial charge in [-0.3, -0.25) is 9.78 Å². The van der Waals surface area contributed by atoms with Gasteiger partial charge in [-0.25, -0.2) is 9.97 Å². The maximum absolute atomic E-state index is 12.8. The molecule has 1 saturated heterocycles. The lowest BCUT2D eigenvalue weighted by Gasteiger charge is -2.36. The Morgan fingerprint density at radius 1 is 0.941 bits per heavy atom. The molecule has 2 aromatic carbocycles. The third-order valence-electron chi connectivity index (χ3n) is 6.22. The van der Waals surface area contributed by atoms with Gasteiger partial charge in [-0.2, -0.15) is 0 Å². The smallest absolute Gasteiger partial charge is 0.223 e. The van der Waals surface area contributed by atoms with Crippen LogP contribution in [0.2, 0.25) is 0 Å². The van der Waals surface area contributed by atoms with E-state index < -0.39 is 0 Å². The molecular weight excluding hydrogens is 426 g/mol. The maximum Gasteiger partial charge on any atom is 0.223 e. The van der Waals surface area contributed by atoms with Crippen LogP contribution in [0.3, 0.4) is 0 Å². The fourth-order valence-corrected chi connectivity index (χ4v) is 4.29. The molecular formula is C27H27N5O2. The highest BCUT2D eigenvalue weighted by atomic mass is 16.5. The van der Waals surface area contributed by atoms with Crippen molar-refractivity contribution in [1.29, 1.82) is 0 Å². The number of carbonyl (C=O) groups is 1. The average Bonchev–Trinajstić information content (AvgIpc) is 2.92. The largest absolute Gasteiger partial charge is 0.497 e. The van der Waals surface area contributed by atoms with E-state index in [0.29, 0.717) is 25.3 Å². The van der Waals surface area contributed by atoms with Gasteiger partial charge in [0, 0.05) is 55.9 Å². The predicted octanol–water partition coefficient (Wildman–Crippen LogP) is 3.98. The fraction of sp³-hybridized carbons (Fsp3) is 0.259. The topological polar surface area (TPSA) is 71.5 Å². The molecule has 2 aromatic heterocycles. The zero-order valence-corrected chi connectivity index (χ0v) is 19.2. The molecule has 5 rings (SSSR count). The highest BCUT2D eigenvalue weighted by Crippen LogP contribution is 2.28. The molecule has 0 atom stereocenters. The van der Waals surface area contributed by atoms with Crippen molar-refractivity contribution < 1.29 is 9.53 Å². The predicted molar refractivity (Wildman–Crippen MR) is 133 cm³/mol. The second-order valence-corrected chi connectivity index (χ2v) is 8.35. The number of amides is 1. The van der Waals surface area contributed by atoms with Crippen LogP contribution in [0.1, 0.15) is 12.0 Å². The highest BCUT2D eigenvalue weighted by molar-refractivity contribution is 5.91. The van der Waals surface area contributed by atoms with Crippen molar-refractivity contribution in [3.05, 3.63) is 78.6 Å². The third-order valence-corrected chi connectivity index (χ3v) is 6.22. The number of anilines is 1. The summed E-state index contributed by atoms with van der Waals surface area (Å²) in [5, 5.41) is 1.02. The molecule has 0 unspecified atom stereocenters. The number of carbonyl (C=O) groups excluding carboxylic acids is 1. The molecule has 7 heteroatoms. The van der Waals surface area contributed by atoms with Gasteiger partial charge >= 0.3 is 0 Å². The van der Waals surface area contributed by atoms with E-state index in [1.54, 1.807) is 19.5 Å². The first-order valence-electron chi connectivity index (χ1n) is 11.5. The van der Waals surface area contributed by atoms with Gasteiger partial charge in [0.1, 0.15) is 11.6 Å². The number of aromatic nitrogens is 3. The summed E-state index contributed by atoms with van der Waals surface area (Å²) in [7, 11) is 1.65. The Balaban J connectivity index is 1.27. The lowest BCUT2D eigenvalue weighted by Crippen LogP contribution is -2.49. The third kappa shape index (κ3) is 4.69. The molecule has 3 heterocycles. The molecule has 1 aliphatic heterocycles. The molecule has 0 radical (unpaired) electrons. The number of rotatable bonds is 6. The number of para-hydroxylation sites is 1.